The van der Waals surface area contributed by atoms with Gasteiger partial charge < -0.3 is 10.1 Å². The number of halogens is 5. The fraction of sp³-hybridized carbons (Fsp3) is 0.286. The van der Waals surface area contributed by atoms with E-state index in [4.69, 9.17) is 4.74 Å². The van der Waals surface area contributed by atoms with Gasteiger partial charge in [-0.25, -0.2) is 4.39 Å². The molecule has 9 heteroatoms. The minimum atomic E-state index is -4.69. The van der Waals surface area contributed by atoms with E-state index in [9.17, 15) is 31.5 Å². The molecule has 194 valence electrons. The van der Waals surface area contributed by atoms with Gasteiger partial charge in [-0.1, -0.05) is 19.1 Å². The summed E-state index contributed by atoms with van der Waals surface area (Å²) in [4.78, 5) is 24.1. The van der Waals surface area contributed by atoms with E-state index >= 15 is 0 Å². The number of carbonyl (C=O) groups is 2. The van der Waals surface area contributed by atoms with E-state index < -0.39 is 35.4 Å². The maximum Gasteiger partial charge on any atom is 0.416 e. The van der Waals surface area contributed by atoms with Crippen molar-refractivity contribution in [2.75, 3.05) is 5.32 Å². The zero-order valence-corrected chi connectivity index (χ0v) is 20.1. The van der Waals surface area contributed by atoms with Crippen molar-refractivity contribution in [3.63, 3.8) is 0 Å². The number of carbonyl (C=O) groups excluding carboxylic acids is 2. The first kappa shape index (κ1) is 26.3. The lowest BCUT2D eigenvalue weighted by Gasteiger charge is -2.19. The Kier molecular flexibility index (Phi) is 7.34. The fourth-order valence-corrected chi connectivity index (χ4v) is 4.16. The lowest BCUT2D eigenvalue weighted by Crippen LogP contribution is -2.17. The van der Waals surface area contributed by atoms with Gasteiger partial charge in [0.25, 0.3) is 5.91 Å². The number of amides is 1. The zero-order valence-electron chi connectivity index (χ0n) is 20.1. The molecule has 4 rings (SSSR count). The van der Waals surface area contributed by atoms with Gasteiger partial charge in [0, 0.05) is 12.1 Å². The normalized spacial score (nSPS) is 14.2. The van der Waals surface area contributed by atoms with Crippen LogP contribution in [0.15, 0.2) is 54.6 Å². The first-order chi connectivity index (χ1) is 17.4. The molecule has 1 N–H and O–H groups in total. The molecule has 0 aliphatic heterocycles. The molecule has 1 saturated carbocycles. The summed E-state index contributed by atoms with van der Waals surface area (Å²) >= 11 is 0. The summed E-state index contributed by atoms with van der Waals surface area (Å²) in [6.07, 6.45) is -3.85. The molecule has 1 fully saturated rings. The molecule has 0 aromatic heterocycles. The van der Waals surface area contributed by atoms with Crippen LogP contribution in [-0.4, -0.2) is 11.9 Å². The van der Waals surface area contributed by atoms with Crippen molar-refractivity contribution >= 4 is 17.6 Å². The highest BCUT2D eigenvalue weighted by atomic mass is 19.4. The van der Waals surface area contributed by atoms with E-state index in [1.165, 1.54) is 30.3 Å². The maximum absolute atomic E-state index is 13.9. The van der Waals surface area contributed by atoms with Crippen LogP contribution in [0.2, 0.25) is 0 Å². The monoisotopic (exact) mass is 517 g/mol. The van der Waals surface area contributed by atoms with Gasteiger partial charge in [0.1, 0.15) is 17.3 Å². The largest absolute Gasteiger partial charge is 0.456 e. The summed E-state index contributed by atoms with van der Waals surface area (Å²) in [6.45, 7) is 3.22. The molecule has 1 aliphatic carbocycles. The van der Waals surface area contributed by atoms with Crippen LogP contribution in [0.5, 0.6) is 11.5 Å². The van der Waals surface area contributed by atoms with Gasteiger partial charge in [-0.05, 0) is 90.8 Å². The van der Waals surface area contributed by atoms with Gasteiger partial charge in [0.15, 0.2) is 0 Å². The van der Waals surface area contributed by atoms with Crippen molar-refractivity contribution in [3.8, 4) is 11.5 Å². The molecule has 3 aromatic rings. The number of anilines is 1. The Morgan fingerprint density at radius 1 is 1.05 bits per heavy atom. The summed E-state index contributed by atoms with van der Waals surface area (Å²) in [7, 11) is 0. The molecular weight excluding hydrogens is 493 g/mol. The summed E-state index contributed by atoms with van der Waals surface area (Å²) in [5.74, 6) is -2.00. The van der Waals surface area contributed by atoms with Crippen LogP contribution in [0, 0.1) is 12.7 Å². The van der Waals surface area contributed by atoms with Crippen LogP contribution >= 0.6 is 0 Å². The zero-order chi connectivity index (χ0) is 26.9. The second-order valence-electron chi connectivity index (χ2n) is 9.26. The van der Waals surface area contributed by atoms with Crippen LogP contribution in [0.4, 0.5) is 27.6 Å². The standard InChI is InChI=1S/C28H24F5NO3/c1-15(11-26(30)35)18-4-3-5-20(12-18)34-27(36)22-13-23(28(31,32)33)21(17-6-7-17)14-25(22)37-24-9-8-19(29)10-16(24)2/h3-5,8-10,12-15,17H,6-7,11H2,1-2H3,(H,34,36). The summed E-state index contributed by atoms with van der Waals surface area (Å²) in [6, 6.07) is 10.6. The van der Waals surface area contributed by atoms with Crippen molar-refractivity contribution in [1.82, 2.24) is 0 Å². The van der Waals surface area contributed by atoms with Crippen molar-refractivity contribution in [1.29, 1.82) is 0 Å². The lowest BCUT2D eigenvalue weighted by molar-refractivity contribution is -0.138. The molecule has 0 spiro atoms. The number of benzene rings is 3. The smallest absolute Gasteiger partial charge is 0.416 e. The average molecular weight is 517 g/mol. The molecular formula is C28H24F5NO3. The second-order valence-corrected chi connectivity index (χ2v) is 9.26. The minimum Gasteiger partial charge on any atom is -0.456 e. The highest BCUT2D eigenvalue weighted by Crippen LogP contribution is 2.48. The Morgan fingerprint density at radius 2 is 1.78 bits per heavy atom. The van der Waals surface area contributed by atoms with E-state index in [0.717, 1.165) is 12.1 Å². The van der Waals surface area contributed by atoms with Gasteiger partial charge in [-0.15, -0.1) is 0 Å². The molecule has 4 nitrogen and oxygen atoms in total. The minimum absolute atomic E-state index is 0.0468. The predicted molar refractivity (Wildman–Crippen MR) is 128 cm³/mol. The molecule has 1 atom stereocenters. The summed E-state index contributed by atoms with van der Waals surface area (Å²) < 4.78 is 74.1. The third kappa shape index (κ3) is 6.34. The summed E-state index contributed by atoms with van der Waals surface area (Å²) in [5.41, 5.74) is 0.0190. The van der Waals surface area contributed by atoms with Gasteiger partial charge in [0.2, 0.25) is 0 Å². The summed E-state index contributed by atoms with van der Waals surface area (Å²) in [5, 5.41) is 2.57. The number of aryl methyl sites for hydroxylation is 1. The first-order valence-corrected chi connectivity index (χ1v) is 11.7. The third-order valence-corrected chi connectivity index (χ3v) is 6.26. The molecule has 0 heterocycles. The van der Waals surface area contributed by atoms with Crippen molar-refractivity contribution in [3.05, 3.63) is 88.2 Å². The number of ether oxygens (including phenoxy) is 1. The van der Waals surface area contributed by atoms with Crippen LogP contribution in [0.25, 0.3) is 0 Å². The van der Waals surface area contributed by atoms with Crippen LogP contribution in [0.3, 0.4) is 0 Å². The van der Waals surface area contributed by atoms with Crippen LogP contribution < -0.4 is 10.1 Å². The Morgan fingerprint density at radius 3 is 2.41 bits per heavy atom. The van der Waals surface area contributed by atoms with Crippen molar-refractivity contribution in [2.45, 2.75) is 51.1 Å². The quantitative estimate of drug-likeness (QED) is 0.243. The highest BCUT2D eigenvalue weighted by Gasteiger charge is 2.40. The number of alkyl halides is 3. The first-order valence-electron chi connectivity index (χ1n) is 11.7. The predicted octanol–water partition coefficient (Wildman–Crippen LogP) is 8.06. The molecule has 3 aromatic carbocycles. The van der Waals surface area contributed by atoms with Crippen molar-refractivity contribution < 1.29 is 36.3 Å². The Bertz CT molecular complexity index is 1350. The SMILES string of the molecule is Cc1cc(F)ccc1Oc1cc(C2CC2)c(C(F)(F)F)cc1C(=O)Nc1cccc(C(C)CC(=O)F)c1. The molecule has 0 bridgehead atoms. The number of hydrogen-bond acceptors (Lipinski definition) is 3. The van der Waals surface area contributed by atoms with Gasteiger partial charge in [-0.3, -0.25) is 9.59 Å². The van der Waals surface area contributed by atoms with E-state index in [1.807, 2.05) is 0 Å². The number of nitrogens with one attached hydrogen (secondary N) is 1. The van der Waals surface area contributed by atoms with E-state index in [2.05, 4.69) is 5.32 Å². The Labute approximate surface area is 210 Å². The second kappa shape index (κ2) is 10.3. The van der Waals surface area contributed by atoms with E-state index in [0.29, 0.717) is 24.0 Å². The fourth-order valence-electron chi connectivity index (χ4n) is 4.16. The Hall–Kier alpha value is -3.75. The maximum atomic E-state index is 13.9. The van der Waals surface area contributed by atoms with Crippen LogP contribution in [-0.2, 0) is 11.0 Å². The molecule has 0 saturated heterocycles. The molecule has 37 heavy (non-hydrogen) atoms. The molecule has 1 aliphatic rings. The van der Waals surface area contributed by atoms with E-state index in [1.54, 1.807) is 26.0 Å². The molecule has 1 amide bonds. The molecule has 1 unspecified atom stereocenters. The lowest BCUT2D eigenvalue weighted by atomic mass is 9.97. The third-order valence-electron chi connectivity index (χ3n) is 6.26. The van der Waals surface area contributed by atoms with Gasteiger partial charge >= 0.3 is 12.2 Å². The average Bonchev–Trinajstić information content (AvgIpc) is 3.65. The topological polar surface area (TPSA) is 55.4 Å². The highest BCUT2D eigenvalue weighted by molar-refractivity contribution is 6.06. The van der Waals surface area contributed by atoms with Gasteiger partial charge in [0.05, 0.1) is 11.1 Å². The van der Waals surface area contributed by atoms with E-state index in [-0.39, 0.29) is 40.7 Å². The number of rotatable bonds is 8. The molecule has 0 radical (unpaired) electrons. The van der Waals surface area contributed by atoms with Crippen LogP contribution in [0.1, 0.15) is 70.6 Å². The van der Waals surface area contributed by atoms with Crippen molar-refractivity contribution in [2.24, 2.45) is 0 Å². The number of hydrogen-bond donors (Lipinski definition) is 1. The Balaban J connectivity index is 1.73. The van der Waals surface area contributed by atoms with Gasteiger partial charge in [-0.2, -0.15) is 17.6 Å².